The second-order valence-corrected chi connectivity index (χ2v) is 7.55. The Hall–Kier alpha value is -3.02. The van der Waals surface area contributed by atoms with Crippen molar-refractivity contribution < 1.29 is 26.7 Å². The maximum Gasteiger partial charge on any atom is 0.273 e. The molecule has 2 amide bonds. The third-order valence-corrected chi connectivity index (χ3v) is 4.94. The van der Waals surface area contributed by atoms with Crippen LogP contribution < -0.4 is 16.0 Å². The van der Waals surface area contributed by atoms with E-state index in [-0.39, 0.29) is 34.0 Å². The van der Waals surface area contributed by atoms with Gasteiger partial charge in [0.2, 0.25) is 5.91 Å². The number of halogens is 2. The van der Waals surface area contributed by atoms with Gasteiger partial charge in [0.05, 0.1) is 21.4 Å². The fraction of sp³-hybridized carbons (Fsp3) is 0.353. The summed E-state index contributed by atoms with van der Waals surface area (Å²) < 4.78 is 59.7. The summed E-state index contributed by atoms with van der Waals surface area (Å²) >= 11 is 0. The average molecular weight is 427 g/mol. The van der Waals surface area contributed by atoms with Crippen molar-refractivity contribution in [2.24, 2.45) is 5.92 Å². The molecule has 0 spiro atoms. The van der Waals surface area contributed by atoms with E-state index >= 15 is 0 Å². The first-order valence-electron chi connectivity index (χ1n) is 9.84. The standard InChI is InChI=1S/C17H18F2N6O3S/c1-20-17(27)13-10(6-12(24-25-13)23-16(26)8-3-4-8)22-15-11(29(2)28)5-9(7-21-15)14(18)19/h5-8,14H,3-4H2,1-2H3,(H,20,27)(H2,21,22,23,24,26)/i1D3. The van der Waals surface area contributed by atoms with Gasteiger partial charge in [-0.15, -0.1) is 10.2 Å². The van der Waals surface area contributed by atoms with Crippen LogP contribution in [0.3, 0.4) is 0 Å². The summed E-state index contributed by atoms with van der Waals surface area (Å²) in [6, 6.07) is 2.22. The number of anilines is 3. The van der Waals surface area contributed by atoms with Crippen LogP contribution in [0.2, 0.25) is 0 Å². The largest absolute Gasteiger partial charge is 0.354 e. The van der Waals surface area contributed by atoms with Crippen LogP contribution in [-0.2, 0) is 15.6 Å². The lowest BCUT2D eigenvalue weighted by atomic mass is 10.2. The second-order valence-electron chi connectivity index (χ2n) is 6.20. The normalized spacial score (nSPS) is 16.3. The van der Waals surface area contributed by atoms with Crippen molar-refractivity contribution in [3.63, 3.8) is 0 Å². The molecule has 2 aromatic heterocycles. The molecule has 1 fully saturated rings. The van der Waals surface area contributed by atoms with Crippen molar-refractivity contribution in [1.29, 1.82) is 0 Å². The van der Waals surface area contributed by atoms with Crippen molar-refractivity contribution in [2.45, 2.75) is 24.2 Å². The minimum absolute atomic E-state index is 0.0294. The zero-order valence-electron chi connectivity index (χ0n) is 18.0. The fourth-order valence-corrected chi connectivity index (χ4v) is 3.05. The summed E-state index contributed by atoms with van der Waals surface area (Å²) in [6.07, 6.45) is 0.749. The number of carbonyl (C=O) groups excluding carboxylic acids is 2. The number of nitrogens with one attached hydrogen (secondary N) is 3. The quantitative estimate of drug-likeness (QED) is 0.617. The highest BCUT2D eigenvalue weighted by atomic mass is 32.2. The lowest BCUT2D eigenvalue weighted by molar-refractivity contribution is -0.117. The van der Waals surface area contributed by atoms with Gasteiger partial charge in [-0.05, 0) is 18.9 Å². The number of carbonyl (C=O) groups is 2. The SMILES string of the molecule is [2H]C([2H])([2H])NC(=O)c1nnc(NC(=O)C2CC2)cc1Nc1ncc(C(F)F)cc1S(C)=O. The van der Waals surface area contributed by atoms with E-state index in [4.69, 9.17) is 4.11 Å². The Kier molecular flexibility index (Phi) is 4.98. The van der Waals surface area contributed by atoms with Gasteiger partial charge >= 0.3 is 0 Å². The van der Waals surface area contributed by atoms with Gasteiger partial charge in [-0.2, -0.15) is 0 Å². The molecule has 0 radical (unpaired) electrons. The first-order valence-corrected chi connectivity index (χ1v) is 9.90. The molecule has 2 heterocycles. The minimum Gasteiger partial charge on any atom is -0.354 e. The molecule has 0 saturated heterocycles. The minimum atomic E-state index is -2.84. The van der Waals surface area contributed by atoms with Crippen LogP contribution in [-0.4, -0.2) is 44.4 Å². The summed E-state index contributed by atoms with van der Waals surface area (Å²) in [7, 11) is -1.74. The van der Waals surface area contributed by atoms with E-state index in [9.17, 15) is 22.6 Å². The highest BCUT2D eigenvalue weighted by Crippen LogP contribution is 2.31. The van der Waals surface area contributed by atoms with Crippen molar-refractivity contribution in [3.8, 4) is 0 Å². The number of aromatic nitrogens is 3. The molecule has 0 aromatic carbocycles. The molecule has 29 heavy (non-hydrogen) atoms. The van der Waals surface area contributed by atoms with E-state index in [1.54, 1.807) is 5.32 Å². The molecule has 3 N–H and O–H groups in total. The van der Waals surface area contributed by atoms with E-state index in [0.29, 0.717) is 0 Å². The van der Waals surface area contributed by atoms with Crippen LogP contribution in [0.25, 0.3) is 0 Å². The highest BCUT2D eigenvalue weighted by molar-refractivity contribution is 7.84. The van der Waals surface area contributed by atoms with Gasteiger partial charge in [0, 0.05) is 41.1 Å². The molecule has 1 unspecified atom stereocenters. The lowest BCUT2D eigenvalue weighted by Gasteiger charge is -2.14. The first kappa shape index (κ1) is 16.9. The van der Waals surface area contributed by atoms with Gasteiger partial charge in [-0.1, -0.05) is 0 Å². The van der Waals surface area contributed by atoms with E-state index in [1.807, 2.05) is 0 Å². The molecule has 9 nitrogen and oxygen atoms in total. The molecule has 3 rings (SSSR count). The van der Waals surface area contributed by atoms with Gasteiger partial charge in [0.15, 0.2) is 11.5 Å². The number of alkyl halides is 2. The van der Waals surface area contributed by atoms with Crippen molar-refractivity contribution in [2.75, 3.05) is 23.9 Å². The van der Waals surface area contributed by atoms with E-state index < -0.39 is 41.4 Å². The van der Waals surface area contributed by atoms with Crippen molar-refractivity contribution in [3.05, 3.63) is 29.6 Å². The molecule has 1 aliphatic carbocycles. The third-order valence-electron chi connectivity index (χ3n) is 4.01. The van der Waals surface area contributed by atoms with Gasteiger partial charge < -0.3 is 16.0 Å². The van der Waals surface area contributed by atoms with Crippen LogP contribution in [0, 0.1) is 5.92 Å². The Morgan fingerprint density at radius 3 is 2.69 bits per heavy atom. The van der Waals surface area contributed by atoms with Gasteiger partial charge in [-0.25, -0.2) is 13.8 Å². The number of nitrogens with zero attached hydrogens (tertiary/aromatic N) is 3. The van der Waals surface area contributed by atoms with E-state index in [1.165, 1.54) is 12.3 Å². The first-order chi connectivity index (χ1) is 14.9. The number of rotatable bonds is 7. The molecule has 154 valence electrons. The molecular weight excluding hydrogens is 406 g/mol. The zero-order valence-corrected chi connectivity index (χ0v) is 15.8. The van der Waals surface area contributed by atoms with Crippen LogP contribution >= 0.6 is 0 Å². The maximum absolute atomic E-state index is 13.0. The number of pyridine rings is 1. The predicted molar refractivity (Wildman–Crippen MR) is 102 cm³/mol. The third kappa shape index (κ3) is 4.88. The molecule has 12 heteroatoms. The smallest absolute Gasteiger partial charge is 0.273 e. The molecule has 0 aliphatic heterocycles. The summed E-state index contributed by atoms with van der Waals surface area (Å²) in [5, 5.41) is 14.4. The van der Waals surface area contributed by atoms with Crippen LogP contribution in [0.5, 0.6) is 0 Å². The molecule has 2 aromatic rings. The Balaban J connectivity index is 2.00. The average Bonchev–Trinajstić information content (AvgIpc) is 3.52. The van der Waals surface area contributed by atoms with Gasteiger partial charge in [-0.3, -0.25) is 13.8 Å². The van der Waals surface area contributed by atoms with Crippen molar-refractivity contribution in [1.82, 2.24) is 20.5 Å². The lowest BCUT2D eigenvalue weighted by Crippen LogP contribution is -2.22. The number of hydrogen-bond acceptors (Lipinski definition) is 7. The summed E-state index contributed by atoms with van der Waals surface area (Å²) in [6.45, 7) is -2.82. The number of amides is 2. The summed E-state index contributed by atoms with van der Waals surface area (Å²) in [4.78, 5) is 28.2. The summed E-state index contributed by atoms with van der Waals surface area (Å²) in [5.41, 5.74) is -1.04. The zero-order chi connectivity index (χ0) is 23.6. The highest BCUT2D eigenvalue weighted by Gasteiger charge is 2.30. The molecule has 1 atom stereocenters. The van der Waals surface area contributed by atoms with Gasteiger partial charge in [0.1, 0.15) is 5.82 Å². The monoisotopic (exact) mass is 427 g/mol. The Labute approximate surface area is 171 Å². The predicted octanol–water partition coefficient (Wildman–Crippen LogP) is 2.00. The Morgan fingerprint density at radius 1 is 1.31 bits per heavy atom. The molecule has 1 saturated carbocycles. The van der Waals surface area contributed by atoms with E-state index in [0.717, 1.165) is 25.1 Å². The van der Waals surface area contributed by atoms with Crippen LogP contribution in [0.15, 0.2) is 23.2 Å². The van der Waals surface area contributed by atoms with Crippen LogP contribution in [0.4, 0.5) is 26.1 Å². The Bertz CT molecular complexity index is 1080. The Morgan fingerprint density at radius 2 is 2.07 bits per heavy atom. The van der Waals surface area contributed by atoms with Gasteiger partial charge in [0.25, 0.3) is 12.3 Å². The topological polar surface area (TPSA) is 126 Å². The summed E-state index contributed by atoms with van der Waals surface area (Å²) in [5.74, 6) is -1.70. The second kappa shape index (κ2) is 8.55. The maximum atomic E-state index is 13.0. The fourth-order valence-electron chi connectivity index (χ4n) is 2.37. The van der Waals surface area contributed by atoms with Crippen molar-refractivity contribution >= 4 is 39.9 Å². The molecule has 1 aliphatic rings. The van der Waals surface area contributed by atoms with Crippen LogP contribution in [0.1, 0.15) is 39.4 Å². The molecule has 0 bridgehead atoms. The molecular formula is C17H18F2N6O3S. The number of hydrogen-bond donors (Lipinski definition) is 3. The van der Waals surface area contributed by atoms with E-state index in [2.05, 4.69) is 25.8 Å².